The van der Waals surface area contributed by atoms with Crippen LogP contribution in [-0.4, -0.2) is 27.0 Å². The number of hydrogen-bond acceptors (Lipinski definition) is 4. The summed E-state index contributed by atoms with van der Waals surface area (Å²) >= 11 is 4.23. The molecule has 0 saturated carbocycles. The summed E-state index contributed by atoms with van der Waals surface area (Å²) in [6.45, 7) is 2.64. The molecule has 0 saturated heterocycles. The summed E-state index contributed by atoms with van der Waals surface area (Å²) in [6.07, 6.45) is 2.18. The molecular weight excluding hydrogens is 256 g/mol. The maximum atomic E-state index is 11.4. The predicted octanol–water partition coefficient (Wildman–Crippen LogP) is 2.42. The standard InChI is InChI=1S/C12H18O3S2/c1-3-10(9-16)8-15-11-5-4-6-12(7-11)17(2,13)14/h4-7,10,16H,3,8-9H2,1-2H3. The highest BCUT2D eigenvalue weighted by atomic mass is 32.2. The van der Waals surface area contributed by atoms with Crippen molar-refractivity contribution in [2.24, 2.45) is 5.92 Å². The Bertz CT molecular complexity index is 451. The third-order valence-corrected chi connectivity index (χ3v) is 4.18. The fraction of sp³-hybridized carbons (Fsp3) is 0.500. The van der Waals surface area contributed by atoms with E-state index in [0.717, 1.165) is 12.2 Å². The molecule has 0 aliphatic rings. The van der Waals surface area contributed by atoms with Crippen molar-refractivity contribution in [2.45, 2.75) is 18.2 Å². The number of sulfone groups is 1. The van der Waals surface area contributed by atoms with Crippen LogP contribution < -0.4 is 4.74 Å². The first-order chi connectivity index (χ1) is 7.97. The normalized spacial score (nSPS) is 13.4. The van der Waals surface area contributed by atoms with E-state index in [-0.39, 0.29) is 4.90 Å². The Kier molecular flexibility index (Phi) is 5.33. The van der Waals surface area contributed by atoms with Gasteiger partial charge in [-0.25, -0.2) is 8.42 Å². The Labute approximate surface area is 109 Å². The van der Waals surface area contributed by atoms with Crippen LogP contribution in [-0.2, 0) is 9.84 Å². The summed E-state index contributed by atoms with van der Waals surface area (Å²) in [4.78, 5) is 0.286. The lowest BCUT2D eigenvalue weighted by atomic mass is 10.1. The van der Waals surface area contributed by atoms with Crippen LogP contribution in [0, 0.1) is 5.92 Å². The number of benzene rings is 1. The van der Waals surface area contributed by atoms with Crippen molar-refractivity contribution in [1.82, 2.24) is 0 Å². The zero-order chi connectivity index (χ0) is 12.9. The molecule has 96 valence electrons. The quantitative estimate of drug-likeness (QED) is 0.810. The minimum absolute atomic E-state index is 0.286. The summed E-state index contributed by atoms with van der Waals surface area (Å²) in [5.41, 5.74) is 0. The molecule has 5 heteroatoms. The van der Waals surface area contributed by atoms with Crippen molar-refractivity contribution in [3.05, 3.63) is 24.3 Å². The van der Waals surface area contributed by atoms with Crippen LogP contribution in [0.1, 0.15) is 13.3 Å². The first kappa shape index (κ1) is 14.4. The van der Waals surface area contributed by atoms with Gasteiger partial charge in [-0.05, 0) is 30.4 Å². The van der Waals surface area contributed by atoms with Crippen LogP contribution in [0.5, 0.6) is 5.75 Å². The molecule has 0 heterocycles. The lowest BCUT2D eigenvalue weighted by molar-refractivity contribution is 0.259. The van der Waals surface area contributed by atoms with E-state index < -0.39 is 9.84 Å². The van der Waals surface area contributed by atoms with Gasteiger partial charge in [-0.1, -0.05) is 13.0 Å². The van der Waals surface area contributed by atoms with Crippen molar-refractivity contribution in [3.8, 4) is 5.75 Å². The van der Waals surface area contributed by atoms with Gasteiger partial charge in [-0.3, -0.25) is 0 Å². The van der Waals surface area contributed by atoms with Gasteiger partial charge in [0.1, 0.15) is 5.75 Å². The third-order valence-electron chi connectivity index (χ3n) is 2.55. The van der Waals surface area contributed by atoms with Crippen molar-refractivity contribution in [2.75, 3.05) is 18.6 Å². The SMILES string of the molecule is CCC(CS)COc1cccc(S(C)(=O)=O)c1. The molecule has 0 bridgehead atoms. The summed E-state index contributed by atoms with van der Waals surface area (Å²) in [5.74, 6) is 1.75. The molecule has 1 rings (SSSR count). The Morgan fingerprint density at radius 3 is 2.65 bits per heavy atom. The smallest absolute Gasteiger partial charge is 0.175 e. The number of ether oxygens (including phenoxy) is 1. The van der Waals surface area contributed by atoms with Crippen LogP contribution in [0.15, 0.2) is 29.2 Å². The van der Waals surface area contributed by atoms with E-state index in [4.69, 9.17) is 4.74 Å². The van der Waals surface area contributed by atoms with Crippen molar-refractivity contribution >= 4 is 22.5 Å². The van der Waals surface area contributed by atoms with Gasteiger partial charge in [0.15, 0.2) is 9.84 Å². The molecule has 0 aliphatic carbocycles. The molecule has 0 radical (unpaired) electrons. The van der Waals surface area contributed by atoms with Gasteiger partial charge in [0.25, 0.3) is 0 Å². The minimum Gasteiger partial charge on any atom is -0.493 e. The van der Waals surface area contributed by atoms with Crippen molar-refractivity contribution < 1.29 is 13.2 Å². The van der Waals surface area contributed by atoms with E-state index in [9.17, 15) is 8.42 Å². The van der Waals surface area contributed by atoms with Gasteiger partial charge in [0.2, 0.25) is 0 Å². The fourth-order valence-electron chi connectivity index (χ4n) is 1.31. The Morgan fingerprint density at radius 2 is 2.12 bits per heavy atom. The maximum absolute atomic E-state index is 11.4. The molecule has 1 unspecified atom stereocenters. The fourth-order valence-corrected chi connectivity index (χ4v) is 2.33. The molecule has 0 spiro atoms. The minimum atomic E-state index is -3.17. The second-order valence-electron chi connectivity index (χ2n) is 4.01. The first-order valence-electron chi connectivity index (χ1n) is 5.51. The van der Waals surface area contributed by atoms with Crippen LogP contribution in [0.4, 0.5) is 0 Å². The van der Waals surface area contributed by atoms with Gasteiger partial charge in [-0.2, -0.15) is 12.6 Å². The molecule has 17 heavy (non-hydrogen) atoms. The summed E-state index contributed by atoms with van der Waals surface area (Å²) in [7, 11) is -3.17. The maximum Gasteiger partial charge on any atom is 0.175 e. The van der Waals surface area contributed by atoms with Gasteiger partial charge < -0.3 is 4.74 Å². The van der Waals surface area contributed by atoms with Crippen LogP contribution in [0.2, 0.25) is 0 Å². The average molecular weight is 274 g/mol. The highest BCUT2D eigenvalue weighted by Crippen LogP contribution is 2.18. The zero-order valence-corrected chi connectivity index (χ0v) is 11.8. The number of hydrogen-bond donors (Lipinski definition) is 1. The first-order valence-corrected chi connectivity index (χ1v) is 8.03. The third kappa shape index (κ3) is 4.60. The number of thiol groups is 1. The van der Waals surface area contributed by atoms with E-state index in [2.05, 4.69) is 19.6 Å². The van der Waals surface area contributed by atoms with Crippen molar-refractivity contribution in [3.63, 3.8) is 0 Å². The van der Waals surface area contributed by atoms with Crippen LogP contribution in [0.3, 0.4) is 0 Å². The summed E-state index contributed by atoms with van der Waals surface area (Å²) < 4.78 is 28.3. The van der Waals surface area contributed by atoms with Crippen LogP contribution >= 0.6 is 12.6 Å². The summed E-state index contributed by atoms with van der Waals surface area (Å²) in [6, 6.07) is 6.58. The Balaban J connectivity index is 2.73. The highest BCUT2D eigenvalue weighted by Gasteiger charge is 2.09. The number of rotatable bonds is 6. The topological polar surface area (TPSA) is 43.4 Å². The predicted molar refractivity (Wildman–Crippen MR) is 72.7 cm³/mol. The van der Waals surface area contributed by atoms with Crippen molar-refractivity contribution in [1.29, 1.82) is 0 Å². The lowest BCUT2D eigenvalue weighted by Crippen LogP contribution is -2.12. The molecule has 0 aromatic heterocycles. The van der Waals surface area contributed by atoms with E-state index in [1.807, 2.05) is 0 Å². The van der Waals surface area contributed by atoms with E-state index in [1.165, 1.54) is 6.26 Å². The molecule has 1 aromatic rings. The summed E-state index contributed by atoms with van der Waals surface area (Å²) in [5, 5.41) is 0. The molecule has 0 amide bonds. The van der Waals surface area contributed by atoms with Gasteiger partial charge >= 0.3 is 0 Å². The Hall–Kier alpha value is -0.680. The molecule has 0 aliphatic heterocycles. The van der Waals surface area contributed by atoms with Gasteiger partial charge in [0, 0.05) is 12.2 Å². The average Bonchev–Trinajstić information content (AvgIpc) is 2.30. The second-order valence-corrected chi connectivity index (χ2v) is 6.40. The molecule has 1 atom stereocenters. The molecule has 1 aromatic carbocycles. The zero-order valence-electron chi connectivity index (χ0n) is 10.1. The van der Waals surface area contributed by atoms with E-state index in [0.29, 0.717) is 18.3 Å². The highest BCUT2D eigenvalue weighted by molar-refractivity contribution is 7.90. The Morgan fingerprint density at radius 1 is 1.41 bits per heavy atom. The molecule has 0 fully saturated rings. The van der Waals surface area contributed by atoms with Crippen LogP contribution in [0.25, 0.3) is 0 Å². The molecule has 3 nitrogen and oxygen atoms in total. The van der Waals surface area contributed by atoms with E-state index in [1.54, 1.807) is 24.3 Å². The second kappa shape index (κ2) is 6.31. The van der Waals surface area contributed by atoms with Gasteiger partial charge in [0.05, 0.1) is 11.5 Å². The molecule has 0 N–H and O–H groups in total. The monoisotopic (exact) mass is 274 g/mol. The lowest BCUT2D eigenvalue weighted by Gasteiger charge is -2.13. The largest absolute Gasteiger partial charge is 0.493 e. The molecular formula is C12H18O3S2. The van der Waals surface area contributed by atoms with E-state index >= 15 is 0 Å². The van der Waals surface area contributed by atoms with Gasteiger partial charge in [-0.15, -0.1) is 0 Å².